The molecule has 4 nitrogen and oxygen atoms in total. The number of nitrogens with zero attached hydrogens (tertiary/aromatic N) is 1. The lowest BCUT2D eigenvalue weighted by Gasteiger charge is -2.34. The van der Waals surface area contributed by atoms with E-state index in [4.69, 9.17) is 9.84 Å². The molecule has 1 rings (SSSR count). The van der Waals surface area contributed by atoms with Gasteiger partial charge in [0.1, 0.15) is 0 Å². The molecule has 0 bridgehead atoms. The van der Waals surface area contributed by atoms with E-state index in [0.29, 0.717) is 13.2 Å². The number of morpholine rings is 1. The molecule has 0 aromatic heterocycles. The van der Waals surface area contributed by atoms with Gasteiger partial charge in [-0.05, 0) is 13.8 Å². The van der Waals surface area contributed by atoms with Crippen molar-refractivity contribution in [2.24, 2.45) is 0 Å². The molecule has 0 saturated carbocycles. The minimum absolute atomic E-state index is 0.0105. The number of hydrogen-bond acceptors (Lipinski definition) is 2. The summed E-state index contributed by atoms with van der Waals surface area (Å²) >= 11 is 0. The maximum Gasteiger partial charge on any atom is 0.407 e. The van der Waals surface area contributed by atoms with Crippen molar-refractivity contribution >= 4 is 6.09 Å². The highest BCUT2D eigenvalue weighted by Gasteiger charge is 2.26. The first-order chi connectivity index (χ1) is 5.11. The van der Waals surface area contributed by atoms with Crippen LogP contribution in [-0.4, -0.2) is 41.4 Å². The van der Waals surface area contributed by atoms with E-state index in [1.807, 2.05) is 13.8 Å². The summed E-state index contributed by atoms with van der Waals surface area (Å²) in [6.07, 6.45) is -0.824. The Morgan fingerprint density at radius 3 is 2.73 bits per heavy atom. The maximum absolute atomic E-state index is 10.6. The summed E-state index contributed by atoms with van der Waals surface area (Å²) < 4.78 is 5.27. The zero-order valence-electron chi connectivity index (χ0n) is 6.78. The summed E-state index contributed by atoms with van der Waals surface area (Å²) in [6, 6.07) is -0.0105. The highest BCUT2D eigenvalue weighted by Crippen LogP contribution is 2.10. The van der Waals surface area contributed by atoms with Gasteiger partial charge in [0.25, 0.3) is 0 Å². The van der Waals surface area contributed by atoms with E-state index in [2.05, 4.69) is 0 Å². The second-order valence-electron chi connectivity index (χ2n) is 2.93. The van der Waals surface area contributed by atoms with Gasteiger partial charge >= 0.3 is 6.09 Å². The third-order valence-corrected chi connectivity index (χ3v) is 1.85. The topological polar surface area (TPSA) is 49.8 Å². The molecule has 1 heterocycles. The Hall–Kier alpha value is -0.770. The molecule has 0 aromatic carbocycles. The van der Waals surface area contributed by atoms with Crippen LogP contribution in [0.5, 0.6) is 0 Å². The molecule has 1 fully saturated rings. The summed E-state index contributed by atoms with van der Waals surface area (Å²) in [6.45, 7) is 4.71. The minimum Gasteiger partial charge on any atom is -0.465 e. The van der Waals surface area contributed by atoms with Crippen molar-refractivity contribution in [2.75, 3.05) is 13.2 Å². The molecule has 64 valence electrons. The van der Waals surface area contributed by atoms with Gasteiger partial charge in [0.2, 0.25) is 0 Å². The molecule has 11 heavy (non-hydrogen) atoms. The van der Waals surface area contributed by atoms with Crippen LogP contribution in [0.25, 0.3) is 0 Å². The normalized spacial score (nSPS) is 32.0. The van der Waals surface area contributed by atoms with Crippen molar-refractivity contribution in [3.8, 4) is 0 Å². The molecular weight excluding hydrogens is 146 g/mol. The molecule has 0 aromatic rings. The number of rotatable bonds is 0. The first-order valence-corrected chi connectivity index (χ1v) is 3.72. The van der Waals surface area contributed by atoms with Crippen LogP contribution in [0.4, 0.5) is 4.79 Å². The van der Waals surface area contributed by atoms with E-state index in [-0.39, 0.29) is 12.1 Å². The molecule has 0 aliphatic carbocycles. The van der Waals surface area contributed by atoms with E-state index in [9.17, 15) is 4.79 Å². The van der Waals surface area contributed by atoms with E-state index in [1.54, 1.807) is 0 Å². The first-order valence-electron chi connectivity index (χ1n) is 3.72. The number of ether oxygens (including phenoxy) is 1. The first kappa shape index (κ1) is 8.33. The lowest BCUT2D eigenvalue weighted by molar-refractivity contribution is -0.0401. The Kier molecular flexibility index (Phi) is 2.34. The fourth-order valence-corrected chi connectivity index (χ4v) is 1.17. The lowest BCUT2D eigenvalue weighted by atomic mass is 10.2. The Morgan fingerprint density at radius 2 is 2.27 bits per heavy atom. The van der Waals surface area contributed by atoms with Crippen LogP contribution in [0.2, 0.25) is 0 Å². The predicted octanol–water partition coefficient (Wildman–Crippen LogP) is 0.774. The van der Waals surface area contributed by atoms with E-state index >= 15 is 0 Å². The monoisotopic (exact) mass is 159 g/mol. The van der Waals surface area contributed by atoms with Gasteiger partial charge in [0.05, 0.1) is 25.3 Å². The number of amides is 1. The molecule has 1 saturated heterocycles. The second-order valence-corrected chi connectivity index (χ2v) is 2.93. The van der Waals surface area contributed by atoms with Gasteiger partial charge < -0.3 is 14.7 Å². The van der Waals surface area contributed by atoms with Crippen molar-refractivity contribution < 1.29 is 14.6 Å². The summed E-state index contributed by atoms with van der Waals surface area (Å²) in [5.74, 6) is 0. The third kappa shape index (κ3) is 1.83. The Balaban J connectivity index is 2.54. The molecule has 1 N–H and O–H groups in total. The van der Waals surface area contributed by atoms with Crippen LogP contribution >= 0.6 is 0 Å². The number of hydrogen-bond donors (Lipinski definition) is 1. The fourth-order valence-electron chi connectivity index (χ4n) is 1.17. The van der Waals surface area contributed by atoms with Crippen LogP contribution in [0.3, 0.4) is 0 Å². The van der Waals surface area contributed by atoms with Crippen molar-refractivity contribution in [3.05, 3.63) is 0 Å². The van der Waals surface area contributed by atoms with Crippen LogP contribution in [-0.2, 0) is 4.74 Å². The molecule has 1 amide bonds. The smallest absolute Gasteiger partial charge is 0.407 e. The lowest BCUT2D eigenvalue weighted by Crippen LogP contribution is -2.49. The van der Waals surface area contributed by atoms with Gasteiger partial charge in [0.15, 0.2) is 0 Å². The fraction of sp³-hybridized carbons (Fsp3) is 0.857. The van der Waals surface area contributed by atoms with Crippen LogP contribution in [0, 0.1) is 0 Å². The molecule has 4 heteroatoms. The average molecular weight is 159 g/mol. The molecule has 0 spiro atoms. The molecule has 2 atom stereocenters. The summed E-state index contributed by atoms with van der Waals surface area (Å²) in [4.78, 5) is 12.0. The van der Waals surface area contributed by atoms with Gasteiger partial charge in [-0.2, -0.15) is 0 Å². The standard InChI is InChI=1S/C7H13NO3/c1-5-4-11-6(2)3-8(5)7(9)10/h5-6H,3-4H2,1-2H3,(H,9,10)/t5-,6-/m0/s1. The zero-order chi connectivity index (χ0) is 8.43. The number of carbonyl (C=O) groups is 1. The van der Waals surface area contributed by atoms with Gasteiger partial charge in [-0.15, -0.1) is 0 Å². The van der Waals surface area contributed by atoms with Gasteiger partial charge in [0, 0.05) is 0 Å². The Morgan fingerprint density at radius 1 is 1.64 bits per heavy atom. The van der Waals surface area contributed by atoms with Gasteiger partial charge in [-0.3, -0.25) is 0 Å². The summed E-state index contributed by atoms with van der Waals surface area (Å²) in [5, 5.41) is 8.70. The molecular formula is C7H13NO3. The molecule has 1 aliphatic rings. The molecule has 1 aliphatic heterocycles. The summed E-state index contributed by atoms with van der Waals surface area (Å²) in [7, 11) is 0. The Bertz CT molecular complexity index is 160. The average Bonchev–Trinajstić information content (AvgIpc) is 1.94. The molecule has 0 unspecified atom stereocenters. The van der Waals surface area contributed by atoms with E-state index in [1.165, 1.54) is 4.90 Å². The summed E-state index contributed by atoms with van der Waals surface area (Å²) in [5.41, 5.74) is 0. The third-order valence-electron chi connectivity index (χ3n) is 1.85. The van der Waals surface area contributed by atoms with Gasteiger partial charge in [-0.25, -0.2) is 4.79 Å². The van der Waals surface area contributed by atoms with Crippen molar-refractivity contribution in [2.45, 2.75) is 26.0 Å². The van der Waals surface area contributed by atoms with Crippen molar-refractivity contribution in [1.29, 1.82) is 0 Å². The van der Waals surface area contributed by atoms with Crippen LogP contribution in [0.1, 0.15) is 13.8 Å². The SMILES string of the molecule is C[C@H]1CN(C(=O)O)[C@@H](C)CO1. The predicted molar refractivity (Wildman–Crippen MR) is 39.6 cm³/mol. The van der Waals surface area contributed by atoms with E-state index in [0.717, 1.165) is 0 Å². The van der Waals surface area contributed by atoms with Crippen molar-refractivity contribution in [1.82, 2.24) is 4.90 Å². The van der Waals surface area contributed by atoms with Gasteiger partial charge in [-0.1, -0.05) is 0 Å². The highest BCUT2D eigenvalue weighted by atomic mass is 16.5. The Labute approximate surface area is 65.8 Å². The molecule has 0 radical (unpaired) electrons. The minimum atomic E-state index is -0.854. The quantitative estimate of drug-likeness (QED) is 0.568. The van der Waals surface area contributed by atoms with Crippen LogP contribution in [0.15, 0.2) is 0 Å². The maximum atomic E-state index is 10.6. The highest BCUT2D eigenvalue weighted by molar-refractivity contribution is 5.65. The van der Waals surface area contributed by atoms with Crippen molar-refractivity contribution in [3.63, 3.8) is 0 Å². The second kappa shape index (κ2) is 3.09. The van der Waals surface area contributed by atoms with E-state index < -0.39 is 6.09 Å². The van der Waals surface area contributed by atoms with Crippen LogP contribution < -0.4 is 0 Å². The number of carboxylic acid groups (broad SMARTS) is 1. The largest absolute Gasteiger partial charge is 0.465 e. The zero-order valence-corrected chi connectivity index (χ0v) is 6.78.